The fraction of sp³-hybridized carbons (Fsp3) is 0.231. The Labute approximate surface area is 200 Å². The van der Waals surface area contributed by atoms with Gasteiger partial charge in [0.1, 0.15) is 0 Å². The maximum absolute atomic E-state index is 12.9. The Balaban J connectivity index is 1.34. The van der Waals surface area contributed by atoms with Crippen LogP contribution in [-0.2, 0) is 32.6 Å². The molecule has 0 aliphatic carbocycles. The number of rotatable bonds is 8. The molecule has 2 amide bonds. The van der Waals surface area contributed by atoms with Crippen molar-refractivity contribution in [2.24, 2.45) is 0 Å². The Hall–Kier alpha value is -3.49. The molecule has 176 valence electrons. The Morgan fingerprint density at radius 1 is 0.941 bits per heavy atom. The van der Waals surface area contributed by atoms with Crippen molar-refractivity contribution in [2.45, 2.75) is 30.7 Å². The Morgan fingerprint density at radius 3 is 2.24 bits per heavy atom. The molecule has 0 saturated carbocycles. The average Bonchev–Trinajstić information content (AvgIpc) is 3.26. The minimum absolute atomic E-state index is 0.127. The van der Waals surface area contributed by atoms with Crippen LogP contribution >= 0.6 is 0 Å². The molecule has 34 heavy (non-hydrogen) atoms. The third-order valence-corrected chi connectivity index (χ3v) is 7.60. The van der Waals surface area contributed by atoms with E-state index in [9.17, 15) is 18.0 Å². The van der Waals surface area contributed by atoms with Crippen LogP contribution < -0.4 is 10.2 Å². The van der Waals surface area contributed by atoms with Gasteiger partial charge in [0.15, 0.2) is 0 Å². The summed E-state index contributed by atoms with van der Waals surface area (Å²) in [5.41, 5.74) is 3.10. The van der Waals surface area contributed by atoms with Crippen molar-refractivity contribution in [3.8, 4) is 0 Å². The third kappa shape index (κ3) is 5.52. The normalized spacial score (nSPS) is 13.9. The topological polar surface area (TPSA) is 86.8 Å². The van der Waals surface area contributed by atoms with E-state index in [1.165, 1.54) is 16.4 Å². The summed E-state index contributed by atoms with van der Waals surface area (Å²) in [5.74, 6) is -0.0796. The van der Waals surface area contributed by atoms with Crippen LogP contribution in [0.25, 0.3) is 0 Å². The van der Waals surface area contributed by atoms with Crippen LogP contribution in [0.2, 0.25) is 0 Å². The van der Waals surface area contributed by atoms with E-state index in [0.717, 1.165) is 29.8 Å². The molecule has 4 rings (SSSR count). The lowest BCUT2D eigenvalue weighted by Gasteiger charge is -2.17. The maximum atomic E-state index is 12.9. The summed E-state index contributed by atoms with van der Waals surface area (Å²) in [5, 5.41) is 2.80. The van der Waals surface area contributed by atoms with E-state index in [2.05, 4.69) is 5.32 Å². The van der Waals surface area contributed by atoms with Crippen LogP contribution in [0.5, 0.6) is 0 Å². The molecular weight excluding hydrogens is 450 g/mol. The van der Waals surface area contributed by atoms with Crippen molar-refractivity contribution in [2.75, 3.05) is 23.8 Å². The quantitative estimate of drug-likeness (QED) is 0.534. The molecule has 0 bridgehead atoms. The van der Waals surface area contributed by atoms with Gasteiger partial charge in [-0.2, -0.15) is 4.31 Å². The van der Waals surface area contributed by atoms with E-state index in [4.69, 9.17) is 0 Å². The lowest BCUT2D eigenvalue weighted by Crippen LogP contribution is -2.26. The van der Waals surface area contributed by atoms with Gasteiger partial charge in [0, 0.05) is 37.9 Å². The van der Waals surface area contributed by atoms with Crippen molar-refractivity contribution in [3.63, 3.8) is 0 Å². The first kappa shape index (κ1) is 23.7. The molecule has 1 fully saturated rings. The number of hydrogen-bond donors (Lipinski definition) is 1. The fourth-order valence-electron chi connectivity index (χ4n) is 3.92. The lowest BCUT2D eigenvalue weighted by molar-refractivity contribution is -0.117. The van der Waals surface area contributed by atoms with E-state index < -0.39 is 10.0 Å². The van der Waals surface area contributed by atoms with Gasteiger partial charge in [-0.15, -0.1) is 0 Å². The van der Waals surface area contributed by atoms with Gasteiger partial charge in [-0.25, -0.2) is 8.42 Å². The summed E-state index contributed by atoms with van der Waals surface area (Å²) < 4.78 is 27.0. The van der Waals surface area contributed by atoms with E-state index in [0.29, 0.717) is 12.1 Å². The zero-order valence-electron chi connectivity index (χ0n) is 19.0. The zero-order chi connectivity index (χ0) is 24.1. The van der Waals surface area contributed by atoms with Crippen molar-refractivity contribution in [3.05, 3.63) is 90.0 Å². The monoisotopic (exact) mass is 477 g/mol. The molecule has 1 aliphatic rings. The molecule has 8 heteroatoms. The molecule has 1 saturated heterocycles. The Kier molecular flexibility index (Phi) is 7.09. The number of nitrogens with zero attached hydrogens (tertiary/aromatic N) is 2. The predicted molar refractivity (Wildman–Crippen MR) is 132 cm³/mol. The molecule has 0 radical (unpaired) electrons. The van der Waals surface area contributed by atoms with Gasteiger partial charge >= 0.3 is 0 Å². The molecule has 0 spiro atoms. The van der Waals surface area contributed by atoms with Gasteiger partial charge in [-0.3, -0.25) is 9.59 Å². The van der Waals surface area contributed by atoms with E-state index in [1.54, 1.807) is 24.1 Å². The number of carbonyl (C=O) groups excluding carboxylic acids is 2. The van der Waals surface area contributed by atoms with Crippen LogP contribution in [0.3, 0.4) is 0 Å². The number of carbonyl (C=O) groups is 2. The highest BCUT2D eigenvalue weighted by Crippen LogP contribution is 2.22. The average molecular weight is 478 g/mol. The molecule has 0 aromatic heterocycles. The van der Waals surface area contributed by atoms with Crippen molar-refractivity contribution in [1.29, 1.82) is 0 Å². The van der Waals surface area contributed by atoms with Crippen LogP contribution in [0, 0.1) is 0 Å². The first-order valence-corrected chi connectivity index (χ1v) is 12.6. The minimum atomic E-state index is -3.65. The number of benzene rings is 3. The van der Waals surface area contributed by atoms with Gasteiger partial charge in [-0.1, -0.05) is 42.5 Å². The van der Waals surface area contributed by atoms with Crippen molar-refractivity contribution in [1.82, 2.24) is 4.31 Å². The minimum Gasteiger partial charge on any atom is -0.326 e. The summed E-state index contributed by atoms with van der Waals surface area (Å²) in [7, 11) is -2.11. The number of anilines is 2. The summed E-state index contributed by atoms with van der Waals surface area (Å²) in [6.45, 7) is 0.999. The molecule has 3 aromatic rings. The molecule has 0 unspecified atom stereocenters. The number of nitrogens with one attached hydrogen (secondary N) is 1. The highest BCUT2D eigenvalue weighted by atomic mass is 32.2. The Bertz CT molecular complexity index is 1260. The van der Waals surface area contributed by atoms with E-state index in [-0.39, 0.29) is 29.7 Å². The van der Waals surface area contributed by atoms with Crippen molar-refractivity contribution >= 4 is 33.2 Å². The Morgan fingerprint density at radius 2 is 1.62 bits per heavy atom. The molecular formula is C26H27N3O4S. The third-order valence-electron chi connectivity index (χ3n) is 5.78. The highest BCUT2D eigenvalue weighted by Gasteiger charge is 2.22. The van der Waals surface area contributed by atoms with Crippen LogP contribution in [0.4, 0.5) is 11.4 Å². The highest BCUT2D eigenvalue weighted by molar-refractivity contribution is 7.89. The largest absolute Gasteiger partial charge is 0.326 e. The number of hydrogen-bond acceptors (Lipinski definition) is 4. The van der Waals surface area contributed by atoms with Gasteiger partial charge in [-0.05, 0) is 53.9 Å². The van der Waals surface area contributed by atoms with E-state index >= 15 is 0 Å². The van der Waals surface area contributed by atoms with E-state index in [1.807, 2.05) is 54.6 Å². The van der Waals surface area contributed by atoms with Crippen molar-refractivity contribution < 1.29 is 18.0 Å². The molecule has 1 heterocycles. The first-order valence-electron chi connectivity index (χ1n) is 11.1. The molecule has 0 atom stereocenters. The molecule has 3 aromatic carbocycles. The predicted octanol–water partition coefficient (Wildman–Crippen LogP) is 3.82. The number of amides is 2. The smallest absolute Gasteiger partial charge is 0.243 e. The molecule has 1 aliphatic heterocycles. The zero-order valence-corrected chi connectivity index (χ0v) is 19.8. The SMILES string of the molecule is CN(Cc1ccccc1)S(=O)(=O)c1ccc(NC(=O)Cc2ccc(N3CCCC3=O)cc2)cc1. The maximum Gasteiger partial charge on any atom is 0.243 e. The summed E-state index contributed by atoms with van der Waals surface area (Å²) in [6.07, 6.45) is 1.62. The standard InChI is InChI=1S/C26H27N3O4S/c1-28(19-21-6-3-2-4-7-21)34(32,33)24-15-11-22(12-16-24)27-25(30)18-20-9-13-23(14-10-20)29-17-5-8-26(29)31/h2-4,6-7,9-16H,5,8,17-19H2,1H3,(H,27,30). The summed E-state index contributed by atoms with van der Waals surface area (Å²) in [6, 6.07) is 23.0. The van der Waals surface area contributed by atoms with Crippen LogP contribution in [0.1, 0.15) is 24.0 Å². The summed E-state index contributed by atoms with van der Waals surface area (Å²) in [4.78, 5) is 26.3. The second kappa shape index (κ2) is 10.2. The van der Waals surface area contributed by atoms with Crippen LogP contribution in [-0.4, -0.2) is 38.1 Å². The summed E-state index contributed by atoms with van der Waals surface area (Å²) >= 11 is 0. The second-order valence-electron chi connectivity index (χ2n) is 8.31. The molecule has 1 N–H and O–H groups in total. The fourth-order valence-corrected chi connectivity index (χ4v) is 5.08. The first-order chi connectivity index (χ1) is 16.3. The van der Waals surface area contributed by atoms with Gasteiger partial charge < -0.3 is 10.2 Å². The van der Waals surface area contributed by atoms with Gasteiger partial charge in [0.05, 0.1) is 11.3 Å². The number of sulfonamides is 1. The van der Waals surface area contributed by atoms with Gasteiger partial charge in [0.25, 0.3) is 0 Å². The van der Waals surface area contributed by atoms with Gasteiger partial charge in [0.2, 0.25) is 21.8 Å². The lowest BCUT2D eigenvalue weighted by atomic mass is 10.1. The molecule has 7 nitrogen and oxygen atoms in total. The second-order valence-corrected chi connectivity index (χ2v) is 10.4. The van der Waals surface area contributed by atoms with Crippen LogP contribution in [0.15, 0.2) is 83.8 Å².